The van der Waals surface area contributed by atoms with Crippen LogP contribution in [0.3, 0.4) is 0 Å². The Hall–Kier alpha value is -1.84. The molecule has 1 fully saturated rings. The lowest BCUT2D eigenvalue weighted by atomic mass is 9.91. The molecule has 23 heavy (non-hydrogen) atoms. The number of carbonyl (C=O) groups is 2. The van der Waals surface area contributed by atoms with Crippen LogP contribution >= 0.6 is 0 Å². The van der Waals surface area contributed by atoms with Crippen LogP contribution in [-0.2, 0) is 16.1 Å². The first-order valence-electron chi connectivity index (χ1n) is 8.58. The van der Waals surface area contributed by atoms with E-state index in [1.54, 1.807) is 4.90 Å². The molecule has 0 saturated carbocycles. The Labute approximate surface area is 139 Å². The zero-order valence-electron chi connectivity index (χ0n) is 14.6. The number of piperazine rings is 1. The van der Waals surface area contributed by atoms with E-state index in [1.807, 2.05) is 37.3 Å². The average molecular weight is 316 g/mol. The van der Waals surface area contributed by atoms with E-state index in [-0.39, 0.29) is 23.8 Å². The van der Waals surface area contributed by atoms with E-state index in [4.69, 9.17) is 0 Å². The fraction of sp³-hybridized carbons (Fsp3) is 0.579. The van der Waals surface area contributed by atoms with E-state index in [0.29, 0.717) is 18.9 Å². The van der Waals surface area contributed by atoms with Crippen LogP contribution in [0.4, 0.5) is 0 Å². The van der Waals surface area contributed by atoms with Gasteiger partial charge in [0.25, 0.3) is 0 Å². The Morgan fingerprint density at radius 1 is 1.13 bits per heavy atom. The van der Waals surface area contributed by atoms with Crippen LogP contribution < -0.4 is 5.32 Å². The van der Waals surface area contributed by atoms with Crippen molar-refractivity contribution < 1.29 is 9.59 Å². The second kappa shape index (κ2) is 7.62. The lowest BCUT2D eigenvalue weighted by Gasteiger charge is -2.42. The van der Waals surface area contributed by atoms with Crippen molar-refractivity contribution in [3.63, 3.8) is 0 Å². The molecule has 1 N–H and O–H groups in total. The highest BCUT2D eigenvalue weighted by atomic mass is 16.2. The maximum absolute atomic E-state index is 13.0. The topological polar surface area (TPSA) is 49.4 Å². The Kier molecular flexibility index (Phi) is 5.80. The van der Waals surface area contributed by atoms with Gasteiger partial charge in [0.2, 0.25) is 11.8 Å². The molecule has 0 aromatic heterocycles. The predicted molar refractivity (Wildman–Crippen MR) is 91.6 cm³/mol. The van der Waals surface area contributed by atoms with Crippen molar-refractivity contribution in [2.45, 2.75) is 59.2 Å². The minimum atomic E-state index is -0.397. The summed E-state index contributed by atoms with van der Waals surface area (Å²) in [7, 11) is 0. The molecular formula is C19H28N2O2. The lowest BCUT2D eigenvalue weighted by Crippen LogP contribution is -2.64. The number of hydrogen-bond donors (Lipinski definition) is 1. The monoisotopic (exact) mass is 316 g/mol. The maximum atomic E-state index is 13.0. The molecule has 3 atom stereocenters. The van der Waals surface area contributed by atoms with Crippen molar-refractivity contribution in [3.05, 3.63) is 35.9 Å². The molecule has 1 aliphatic heterocycles. The van der Waals surface area contributed by atoms with Crippen LogP contribution in [0, 0.1) is 11.8 Å². The van der Waals surface area contributed by atoms with Crippen molar-refractivity contribution in [1.82, 2.24) is 10.2 Å². The van der Waals surface area contributed by atoms with Crippen LogP contribution in [0.1, 0.15) is 46.1 Å². The van der Waals surface area contributed by atoms with Crippen LogP contribution in [0.15, 0.2) is 30.3 Å². The van der Waals surface area contributed by atoms with Crippen molar-refractivity contribution in [2.75, 3.05) is 0 Å². The third kappa shape index (κ3) is 4.12. The van der Waals surface area contributed by atoms with Gasteiger partial charge in [-0.1, -0.05) is 64.4 Å². The number of amides is 2. The Morgan fingerprint density at radius 2 is 1.78 bits per heavy atom. The summed E-state index contributed by atoms with van der Waals surface area (Å²) < 4.78 is 0. The Morgan fingerprint density at radius 3 is 2.35 bits per heavy atom. The van der Waals surface area contributed by atoms with E-state index >= 15 is 0 Å². The van der Waals surface area contributed by atoms with Crippen LogP contribution in [0.2, 0.25) is 0 Å². The molecule has 2 amide bonds. The molecule has 1 aromatic rings. The van der Waals surface area contributed by atoms with Crippen molar-refractivity contribution in [1.29, 1.82) is 0 Å². The molecule has 4 heteroatoms. The molecule has 1 saturated heterocycles. The first kappa shape index (κ1) is 17.5. The molecule has 0 spiro atoms. The Balaban J connectivity index is 2.28. The van der Waals surface area contributed by atoms with Crippen LogP contribution in [-0.4, -0.2) is 28.8 Å². The second-order valence-electron chi connectivity index (χ2n) is 6.97. The SMILES string of the molecule is CCC(C)C1C(=O)NC(CC(C)C)C(=O)N1Cc1ccccc1. The van der Waals surface area contributed by atoms with E-state index < -0.39 is 6.04 Å². The van der Waals surface area contributed by atoms with Gasteiger partial charge in [0.15, 0.2) is 0 Å². The zero-order valence-corrected chi connectivity index (χ0v) is 14.6. The number of benzene rings is 1. The van der Waals surface area contributed by atoms with E-state index in [0.717, 1.165) is 12.0 Å². The maximum Gasteiger partial charge on any atom is 0.246 e. The van der Waals surface area contributed by atoms with Gasteiger partial charge in [0, 0.05) is 6.54 Å². The molecule has 1 aromatic carbocycles. The summed E-state index contributed by atoms with van der Waals surface area (Å²) in [6.07, 6.45) is 1.55. The molecule has 4 nitrogen and oxygen atoms in total. The minimum Gasteiger partial charge on any atom is -0.342 e. The quantitative estimate of drug-likeness (QED) is 0.877. The third-order valence-corrected chi connectivity index (χ3v) is 4.59. The molecule has 2 rings (SSSR count). The largest absolute Gasteiger partial charge is 0.342 e. The molecule has 0 radical (unpaired) electrons. The van der Waals surface area contributed by atoms with Crippen molar-refractivity contribution >= 4 is 11.8 Å². The molecular weight excluding hydrogens is 288 g/mol. The van der Waals surface area contributed by atoms with Gasteiger partial charge in [-0.3, -0.25) is 9.59 Å². The van der Waals surface area contributed by atoms with Gasteiger partial charge in [-0.05, 0) is 23.8 Å². The zero-order chi connectivity index (χ0) is 17.0. The van der Waals surface area contributed by atoms with E-state index in [9.17, 15) is 9.59 Å². The lowest BCUT2D eigenvalue weighted by molar-refractivity contribution is -0.152. The van der Waals surface area contributed by atoms with Gasteiger partial charge in [0.05, 0.1) is 0 Å². The van der Waals surface area contributed by atoms with Gasteiger partial charge in [-0.25, -0.2) is 0 Å². The van der Waals surface area contributed by atoms with Crippen LogP contribution in [0.5, 0.6) is 0 Å². The standard InChI is InChI=1S/C19H28N2O2/c1-5-14(4)17-18(22)20-16(11-13(2)3)19(23)21(17)12-15-9-7-6-8-10-15/h6-10,13-14,16-17H,5,11-12H2,1-4H3,(H,20,22). The van der Waals surface area contributed by atoms with Gasteiger partial charge in [-0.2, -0.15) is 0 Å². The first-order valence-corrected chi connectivity index (χ1v) is 8.58. The minimum absolute atomic E-state index is 0.0134. The normalized spacial score (nSPS) is 23.1. The molecule has 0 aliphatic carbocycles. The fourth-order valence-electron chi connectivity index (χ4n) is 3.17. The molecule has 3 unspecified atom stereocenters. The summed E-state index contributed by atoms with van der Waals surface area (Å²) in [5.74, 6) is 0.540. The summed E-state index contributed by atoms with van der Waals surface area (Å²) in [5.41, 5.74) is 1.06. The van der Waals surface area contributed by atoms with Crippen molar-refractivity contribution in [2.24, 2.45) is 11.8 Å². The molecule has 1 aliphatic rings. The number of nitrogens with one attached hydrogen (secondary N) is 1. The fourth-order valence-corrected chi connectivity index (χ4v) is 3.17. The highest BCUT2D eigenvalue weighted by molar-refractivity contribution is 5.97. The number of rotatable bonds is 6. The second-order valence-corrected chi connectivity index (χ2v) is 6.97. The van der Waals surface area contributed by atoms with Crippen LogP contribution in [0.25, 0.3) is 0 Å². The molecule has 126 valence electrons. The molecule has 0 bridgehead atoms. The average Bonchev–Trinajstić information content (AvgIpc) is 2.52. The summed E-state index contributed by atoms with van der Waals surface area (Å²) in [6.45, 7) is 8.74. The smallest absolute Gasteiger partial charge is 0.246 e. The van der Waals surface area contributed by atoms with Gasteiger partial charge >= 0.3 is 0 Å². The van der Waals surface area contributed by atoms with Crippen molar-refractivity contribution in [3.8, 4) is 0 Å². The van der Waals surface area contributed by atoms with E-state index in [1.165, 1.54) is 0 Å². The van der Waals surface area contributed by atoms with Gasteiger partial charge in [-0.15, -0.1) is 0 Å². The van der Waals surface area contributed by atoms with Gasteiger partial charge < -0.3 is 10.2 Å². The van der Waals surface area contributed by atoms with E-state index in [2.05, 4.69) is 26.1 Å². The number of nitrogens with zero attached hydrogens (tertiary/aromatic N) is 1. The molecule has 1 heterocycles. The highest BCUT2D eigenvalue weighted by Gasteiger charge is 2.42. The summed E-state index contributed by atoms with van der Waals surface area (Å²) >= 11 is 0. The predicted octanol–water partition coefficient (Wildman–Crippen LogP) is 2.97. The summed E-state index contributed by atoms with van der Waals surface area (Å²) in [5, 5.41) is 2.95. The number of carbonyl (C=O) groups excluding carboxylic acids is 2. The highest BCUT2D eigenvalue weighted by Crippen LogP contribution is 2.24. The summed E-state index contributed by atoms with van der Waals surface area (Å²) in [4.78, 5) is 27.4. The first-order chi connectivity index (χ1) is 10.9. The third-order valence-electron chi connectivity index (χ3n) is 4.59. The summed E-state index contributed by atoms with van der Waals surface area (Å²) in [6, 6.07) is 9.13. The Bertz CT molecular complexity index is 542. The number of hydrogen-bond acceptors (Lipinski definition) is 2. The van der Waals surface area contributed by atoms with Gasteiger partial charge in [0.1, 0.15) is 12.1 Å².